The number of hydrogen-bond acceptors (Lipinski definition) is 4. The fraction of sp³-hybridized carbons (Fsp3) is 0.444. The quantitative estimate of drug-likeness (QED) is 0.637. The van der Waals surface area contributed by atoms with E-state index in [-0.39, 0.29) is 5.82 Å². The van der Waals surface area contributed by atoms with Crippen LogP contribution in [0.15, 0.2) is 12.4 Å². The molecule has 1 heterocycles. The summed E-state index contributed by atoms with van der Waals surface area (Å²) in [4.78, 5) is 18.8. The van der Waals surface area contributed by atoms with Crippen molar-refractivity contribution >= 4 is 5.97 Å². The number of hydrogen-bond donors (Lipinski definition) is 0. The Morgan fingerprint density at radius 3 is 2.54 bits per heavy atom. The molecule has 1 aliphatic carbocycles. The van der Waals surface area contributed by atoms with Crippen LogP contribution in [0.5, 0.6) is 0 Å². The predicted molar refractivity (Wildman–Crippen MR) is 45.3 cm³/mol. The number of aromatic nitrogens is 2. The fourth-order valence-electron chi connectivity index (χ4n) is 1.16. The molecule has 0 aromatic carbocycles. The van der Waals surface area contributed by atoms with E-state index >= 15 is 0 Å². The number of carbonyl (C=O) groups excluding carboxylic acids is 1. The normalized spacial score (nSPS) is 15.5. The highest BCUT2D eigenvalue weighted by atomic mass is 16.5. The predicted octanol–water partition coefficient (Wildman–Crippen LogP) is 1.14. The van der Waals surface area contributed by atoms with Crippen molar-refractivity contribution in [2.24, 2.45) is 0 Å². The summed E-state index contributed by atoms with van der Waals surface area (Å²) in [6.07, 6.45) is 5.83. The van der Waals surface area contributed by atoms with Gasteiger partial charge in [0.25, 0.3) is 0 Å². The number of rotatable bonds is 2. The van der Waals surface area contributed by atoms with Gasteiger partial charge in [0.2, 0.25) is 5.82 Å². The second-order valence-electron chi connectivity index (χ2n) is 3.11. The van der Waals surface area contributed by atoms with Crippen LogP contribution < -0.4 is 0 Å². The van der Waals surface area contributed by atoms with E-state index in [0.29, 0.717) is 5.92 Å². The molecule has 0 radical (unpaired) electrons. The Bertz CT molecular complexity index is 317. The Labute approximate surface area is 76.0 Å². The summed E-state index contributed by atoms with van der Waals surface area (Å²) in [6.45, 7) is 0. The average molecular weight is 178 g/mol. The van der Waals surface area contributed by atoms with Crippen LogP contribution in [-0.2, 0) is 4.74 Å². The largest absolute Gasteiger partial charge is 0.463 e. The Morgan fingerprint density at radius 1 is 1.46 bits per heavy atom. The van der Waals surface area contributed by atoms with Crippen LogP contribution in [0.4, 0.5) is 0 Å². The van der Waals surface area contributed by atoms with Crippen LogP contribution in [0.1, 0.15) is 34.9 Å². The molecule has 1 aliphatic rings. The second kappa shape index (κ2) is 3.12. The Morgan fingerprint density at radius 2 is 2.08 bits per heavy atom. The summed E-state index contributed by atoms with van der Waals surface area (Å²) in [7, 11) is 1.32. The molecule has 1 saturated carbocycles. The van der Waals surface area contributed by atoms with Gasteiger partial charge < -0.3 is 4.74 Å². The van der Waals surface area contributed by atoms with Gasteiger partial charge in [-0.15, -0.1) is 0 Å². The van der Waals surface area contributed by atoms with Gasteiger partial charge in [0.15, 0.2) is 0 Å². The molecule has 0 spiro atoms. The van der Waals surface area contributed by atoms with E-state index in [9.17, 15) is 4.79 Å². The van der Waals surface area contributed by atoms with E-state index in [2.05, 4.69) is 14.7 Å². The van der Waals surface area contributed by atoms with Crippen molar-refractivity contribution in [1.29, 1.82) is 0 Å². The van der Waals surface area contributed by atoms with E-state index < -0.39 is 5.97 Å². The highest BCUT2D eigenvalue weighted by Gasteiger charge is 2.24. The van der Waals surface area contributed by atoms with Gasteiger partial charge in [0.05, 0.1) is 7.11 Å². The van der Waals surface area contributed by atoms with Crippen molar-refractivity contribution in [3.8, 4) is 0 Å². The molecule has 68 valence electrons. The molecule has 0 aliphatic heterocycles. The molecular formula is C9H10N2O2. The van der Waals surface area contributed by atoms with Crippen LogP contribution in [0, 0.1) is 0 Å². The molecule has 4 heteroatoms. The van der Waals surface area contributed by atoms with Crippen LogP contribution in [0.3, 0.4) is 0 Å². The van der Waals surface area contributed by atoms with Crippen molar-refractivity contribution in [1.82, 2.24) is 9.97 Å². The summed E-state index contributed by atoms with van der Waals surface area (Å²) >= 11 is 0. The van der Waals surface area contributed by atoms with Crippen LogP contribution in [-0.4, -0.2) is 23.0 Å². The van der Waals surface area contributed by atoms with Crippen molar-refractivity contribution in [2.75, 3.05) is 7.11 Å². The molecule has 2 rings (SSSR count). The number of carbonyl (C=O) groups is 1. The minimum absolute atomic E-state index is 0.131. The molecule has 0 bridgehead atoms. The van der Waals surface area contributed by atoms with Gasteiger partial charge in [0, 0.05) is 12.4 Å². The van der Waals surface area contributed by atoms with Crippen molar-refractivity contribution in [2.45, 2.75) is 18.8 Å². The monoisotopic (exact) mass is 178 g/mol. The Kier molecular flexibility index (Phi) is 1.96. The van der Waals surface area contributed by atoms with Gasteiger partial charge in [-0.2, -0.15) is 0 Å². The maximum atomic E-state index is 11.0. The van der Waals surface area contributed by atoms with Gasteiger partial charge in [-0.05, 0) is 24.3 Å². The molecule has 1 aromatic heterocycles. The van der Waals surface area contributed by atoms with Gasteiger partial charge in [-0.3, -0.25) is 0 Å². The van der Waals surface area contributed by atoms with Gasteiger partial charge in [0.1, 0.15) is 0 Å². The minimum atomic E-state index is -0.484. The molecule has 1 aromatic rings. The number of methoxy groups -OCH3 is 1. The standard InChI is InChI=1S/C9H10N2O2/c1-13-9(12)8-10-4-7(5-11-8)6-2-3-6/h4-6H,2-3H2,1H3. The maximum Gasteiger partial charge on any atom is 0.376 e. The Hall–Kier alpha value is -1.45. The van der Waals surface area contributed by atoms with E-state index in [1.165, 1.54) is 20.0 Å². The fourth-order valence-corrected chi connectivity index (χ4v) is 1.16. The molecule has 0 amide bonds. The van der Waals surface area contributed by atoms with E-state index in [4.69, 9.17) is 0 Å². The zero-order chi connectivity index (χ0) is 9.26. The smallest absolute Gasteiger partial charge is 0.376 e. The third kappa shape index (κ3) is 1.66. The van der Waals surface area contributed by atoms with Crippen molar-refractivity contribution in [3.05, 3.63) is 23.8 Å². The number of esters is 1. The lowest BCUT2D eigenvalue weighted by atomic mass is 10.2. The van der Waals surface area contributed by atoms with Crippen LogP contribution >= 0.6 is 0 Å². The molecule has 0 atom stereocenters. The molecule has 4 nitrogen and oxygen atoms in total. The minimum Gasteiger partial charge on any atom is -0.463 e. The highest BCUT2D eigenvalue weighted by molar-refractivity contribution is 5.84. The molecule has 0 unspecified atom stereocenters. The lowest BCUT2D eigenvalue weighted by Gasteiger charge is -1.98. The molecule has 0 N–H and O–H groups in total. The van der Waals surface area contributed by atoms with E-state index in [0.717, 1.165) is 5.56 Å². The first-order valence-electron chi connectivity index (χ1n) is 4.21. The lowest BCUT2D eigenvalue weighted by molar-refractivity contribution is 0.0586. The zero-order valence-electron chi connectivity index (χ0n) is 7.36. The third-order valence-corrected chi connectivity index (χ3v) is 2.09. The summed E-state index contributed by atoms with van der Waals surface area (Å²) < 4.78 is 4.49. The maximum absolute atomic E-state index is 11.0. The number of nitrogens with zero attached hydrogens (tertiary/aromatic N) is 2. The highest BCUT2D eigenvalue weighted by Crippen LogP contribution is 2.39. The SMILES string of the molecule is COC(=O)c1ncc(C2CC2)cn1. The van der Waals surface area contributed by atoms with Gasteiger partial charge in [-0.1, -0.05) is 0 Å². The molecule has 1 fully saturated rings. The first kappa shape index (κ1) is 8.16. The first-order chi connectivity index (χ1) is 6.31. The number of ether oxygens (including phenoxy) is 1. The lowest BCUT2D eigenvalue weighted by Crippen LogP contribution is -2.07. The van der Waals surface area contributed by atoms with Gasteiger partial charge in [-0.25, -0.2) is 14.8 Å². The summed E-state index contributed by atoms with van der Waals surface area (Å²) in [5, 5.41) is 0. The summed E-state index contributed by atoms with van der Waals surface area (Å²) in [6, 6.07) is 0. The van der Waals surface area contributed by atoms with Crippen molar-refractivity contribution in [3.63, 3.8) is 0 Å². The van der Waals surface area contributed by atoms with Gasteiger partial charge >= 0.3 is 5.97 Å². The summed E-state index contributed by atoms with van der Waals surface area (Å²) in [5.41, 5.74) is 1.12. The third-order valence-electron chi connectivity index (χ3n) is 2.09. The Balaban J connectivity index is 2.17. The van der Waals surface area contributed by atoms with Crippen LogP contribution in [0.2, 0.25) is 0 Å². The molecule has 0 saturated heterocycles. The van der Waals surface area contributed by atoms with E-state index in [1.807, 2.05) is 0 Å². The topological polar surface area (TPSA) is 52.1 Å². The average Bonchev–Trinajstić information content (AvgIpc) is 3.00. The van der Waals surface area contributed by atoms with Crippen LogP contribution in [0.25, 0.3) is 0 Å². The summed E-state index contributed by atoms with van der Waals surface area (Å²) in [5.74, 6) is 0.265. The first-order valence-corrected chi connectivity index (χ1v) is 4.21. The van der Waals surface area contributed by atoms with Crippen molar-refractivity contribution < 1.29 is 9.53 Å². The molecule has 13 heavy (non-hydrogen) atoms. The zero-order valence-corrected chi connectivity index (χ0v) is 7.36. The van der Waals surface area contributed by atoms with E-state index in [1.54, 1.807) is 12.4 Å². The molecular weight excluding hydrogens is 168 g/mol. The second-order valence-corrected chi connectivity index (χ2v) is 3.11.